The number of likely N-dealkylation sites (tertiary alicyclic amines) is 1. The van der Waals surface area contributed by atoms with Gasteiger partial charge in [-0.3, -0.25) is 4.79 Å². The number of rotatable bonds is 4. The Morgan fingerprint density at radius 2 is 1.86 bits per heavy atom. The zero-order valence-electron chi connectivity index (χ0n) is 13.9. The molecule has 0 aromatic rings. The van der Waals surface area contributed by atoms with Crippen LogP contribution in [0.3, 0.4) is 0 Å². The topological polar surface area (TPSA) is 84.7 Å². The molecule has 1 aliphatic rings. The van der Waals surface area contributed by atoms with Crippen LogP contribution in [0.2, 0.25) is 0 Å². The minimum atomic E-state index is -0.781. The molecule has 0 aromatic heterocycles. The Hall–Kier alpha value is -1.30. The summed E-state index contributed by atoms with van der Waals surface area (Å²) >= 11 is 0. The minimum Gasteiger partial charge on any atom is -0.444 e. The Morgan fingerprint density at radius 1 is 1.24 bits per heavy atom. The van der Waals surface area contributed by atoms with E-state index in [1.807, 2.05) is 20.8 Å². The van der Waals surface area contributed by atoms with Gasteiger partial charge in [0.1, 0.15) is 5.60 Å². The molecule has 0 radical (unpaired) electrons. The number of carbonyl (C=O) groups is 2. The average Bonchev–Trinajstić information content (AvgIpc) is 2.34. The van der Waals surface area contributed by atoms with Crippen molar-refractivity contribution >= 4 is 12.0 Å². The van der Waals surface area contributed by atoms with Gasteiger partial charge < -0.3 is 20.7 Å². The SMILES string of the molecule is CC(C)(C)OC(=O)N1CCCCC1CNC(C)(C)C(N)=O. The third kappa shape index (κ3) is 5.53. The number of nitrogens with one attached hydrogen (secondary N) is 1. The molecular formula is C15H29N3O3. The van der Waals surface area contributed by atoms with E-state index in [0.29, 0.717) is 13.1 Å². The Balaban J connectivity index is 2.65. The maximum absolute atomic E-state index is 12.3. The fraction of sp³-hybridized carbons (Fsp3) is 0.867. The number of ether oxygens (including phenoxy) is 1. The first-order valence-electron chi connectivity index (χ1n) is 7.57. The van der Waals surface area contributed by atoms with Crippen molar-refractivity contribution in [2.45, 2.75) is 71.1 Å². The Morgan fingerprint density at radius 3 is 2.38 bits per heavy atom. The molecule has 1 fully saturated rings. The van der Waals surface area contributed by atoms with Gasteiger partial charge in [0.15, 0.2) is 0 Å². The van der Waals surface area contributed by atoms with Gasteiger partial charge in [-0.25, -0.2) is 4.79 Å². The van der Waals surface area contributed by atoms with E-state index in [9.17, 15) is 9.59 Å². The van der Waals surface area contributed by atoms with E-state index < -0.39 is 17.0 Å². The predicted octanol–water partition coefficient (Wildman–Crippen LogP) is 1.63. The summed E-state index contributed by atoms with van der Waals surface area (Å²) in [7, 11) is 0. The molecule has 21 heavy (non-hydrogen) atoms. The average molecular weight is 299 g/mol. The highest BCUT2D eigenvalue weighted by Crippen LogP contribution is 2.20. The second-order valence-electron chi connectivity index (χ2n) is 7.19. The molecule has 0 aliphatic carbocycles. The van der Waals surface area contributed by atoms with Gasteiger partial charge in [0.05, 0.1) is 5.54 Å². The van der Waals surface area contributed by atoms with E-state index in [-0.39, 0.29) is 12.1 Å². The van der Waals surface area contributed by atoms with Crippen LogP contribution >= 0.6 is 0 Å². The molecule has 122 valence electrons. The molecular weight excluding hydrogens is 270 g/mol. The maximum Gasteiger partial charge on any atom is 0.410 e. The van der Waals surface area contributed by atoms with E-state index >= 15 is 0 Å². The maximum atomic E-state index is 12.3. The summed E-state index contributed by atoms with van der Waals surface area (Å²) in [5.74, 6) is -0.401. The van der Waals surface area contributed by atoms with Gasteiger partial charge in [0.2, 0.25) is 5.91 Å². The third-order valence-corrected chi connectivity index (χ3v) is 3.65. The largest absolute Gasteiger partial charge is 0.444 e. The van der Waals surface area contributed by atoms with Crippen molar-refractivity contribution in [1.29, 1.82) is 0 Å². The lowest BCUT2D eigenvalue weighted by Gasteiger charge is -2.38. The summed E-state index contributed by atoms with van der Waals surface area (Å²) in [6.07, 6.45) is 2.67. The summed E-state index contributed by atoms with van der Waals surface area (Å²) < 4.78 is 5.45. The second kappa shape index (κ2) is 6.64. The van der Waals surface area contributed by atoms with Crippen LogP contribution in [-0.4, -0.2) is 47.2 Å². The van der Waals surface area contributed by atoms with Crippen LogP contribution < -0.4 is 11.1 Å². The molecule has 1 aliphatic heterocycles. The molecule has 6 nitrogen and oxygen atoms in total. The van der Waals surface area contributed by atoms with E-state index in [1.165, 1.54) is 0 Å². The van der Waals surface area contributed by atoms with Crippen LogP contribution in [0.15, 0.2) is 0 Å². The fourth-order valence-electron chi connectivity index (χ4n) is 2.23. The van der Waals surface area contributed by atoms with E-state index in [2.05, 4.69) is 5.32 Å². The number of nitrogens with two attached hydrogens (primary N) is 1. The summed E-state index contributed by atoms with van der Waals surface area (Å²) in [5, 5.41) is 3.15. The fourth-order valence-corrected chi connectivity index (χ4v) is 2.23. The second-order valence-corrected chi connectivity index (χ2v) is 7.19. The number of carbonyl (C=O) groups excluding carboxylic acids is 2. The molecule has 2 amide bonds. The summed E-state index contributed by atoms with van der Waals surface area (Å²) in [6.45, 7) is 10.3. The number of hydrogen-bond donors (Lipinski definition) is 2. The van der Waals surface area contributed by atoms with Gasteiger partial charge >= 0.3 is 6.09 Å². The Bertz CT molecular complexity index is 388. The number of nitrogens with zero attached hydrogens (tertiary/aromatic N) is 1. The molecule has 1 heterocycles. The standard InChI is InChI=1S/C15H29N3O3/c1-14(2,3)21-13(20)18-9-7-6-8-11(18)10-17-15(4,5)12(16)19/h11,17H,6-10H2,1-5H3,(H2,16,19). The highest BCUT2D eigenvalue weighted by molar-refractivity contribution is 5.83. The molecule has 0 bridgehead atoms. The monoisotopic (exact) mass is 299 g/mol. The van der Waals surface area contributed by atoms with E-state index in [1.54, 1.807) is 18.7 Å². The Kier molecular flexibility index (Phi) is 5.61. The van der Waals surface area contributed by atoms with Crippen LogP contribution in [0.25, 0.3) is 0 Å². The molecule has 1 saturated heterocycles. The van der Waals surface area contributed by atoms with Crippen molar-refractivity contribution in [3.63, 3.8) is 0 Å². The zero-order chi connectivity index (χ0) is 16.3. The number of hydrogen-bond acceptors (Lipinski definition) is 4. The molecule has 6 heteroatoms. The van der Waals surface area contributed by atoms with Crippen molar-refractivity contribution < 1.29 is 14.3 Å². The lowest BCUT2D eigenvalue weighted by molar-refractivity contribution is -0.123. The Labute approximate surface area is 127 Å². The predicted molar refractivity (Wildman–Crippen MR) is 81.9 cm³/mol. The van der Waals surface area contributed by atoms with Crippen LogP contribution in [0.1, 0.15) is 53.9 Å². The van der Waals surface area contributed by atoms with Gasteiger partial charge in [-0.05, 0) is 53.9 Å². The van der Waals surface area contributed by atoms with E-state index in [0.717, 1.165) is 19.3 Å². The van der Waals surface area contributed by atoms with Crippen LogP contribution in [0, 0.1) is 0 Å². The van der Waals surface area contributed by atoms with Crippen LogP contribution in [0.4, 0.5) is 4.79 Å². The van der Waals surface area contributed by atoms with Crippen molar-refractivity contribution in [2.75, 3.05) is 13.1 Å². The lowest BCUT2D eigenvalue weighted by Crippen LogP contribution is -2.57. The molecule has 1 rings (SSSR count). The van der Waals surface area contributed by atoms with Gasteiger partial charge in [-0.15, -0.1) is 0 Å². The third-order valence-electron chi connectivity index (χ3n) is 3.65. The lowest BCUT2D eigenvalue weighted by atomic mass is 10.00. The summed E-state index contributed by atoms with van der Waals surface area (Å²) in [4.78, 5) is 25.4. The quantitative estimate of drug-likeness (QED) is 0.826. The molecule has 1 unspecified atom stereocenters. The van der Waals surface area contributed by atoms with Gasteiger partial charge in [-0.2, -0.15) is 0 Å². The van der Waals surface area contributed by atoms with Crippen molar-refractivity contribution in [3.05, 3.63) is 0 Å². The molecule has 0 aromatic carbocycles. The summed E-state index contributed by atoms with van der Waals surface area (Å²) in [5.41, 5.74) is 4.08. The van der Waals surface area contributed by atoms with Gasteiger partial charge in [0, 0.05) is 19.1 Å². The molecule has 0 spiro atoms. The van der Waals surface area contributed by atoms with Crippen molar-refractivity contribution in [3.8, 4) is 0 Å². The summed E-state index contributed by atoms with van der Waals surface area (Å²) in [6, 6.07) is 0.0345. The highest BCUT2D eigenvalue weighted by atomic mass is 16.6. The first kappa shape index (κ1) is 17.8. The first-order chi connectivity index (χ1) is 9.53. The van der Waals surface area contributed by atoms with Crippen molar-refractivity contribution in [1.82, 2.24) is 10.2 Å². The molecule has 0 saturated carbocycles. The minimum absolute atomic E-state index is 0.0345. The highest BCUT2D eigenvalue weighted by Gasteiger charge is 2.32. The number of piperidine rings is 1. The van der Waals surface area contributed by atoms with Gasteiger partial charge in [-0.1, -0.05) is 0 Å². The smallest absolute Gasteiger partial charge is 0.410 e. The zero-order valence-corrected chi connectivity index (χ0v) is 13.9. The number of primary amides is 1. The van der Waals surface area contributed by atoms with Crippen LogP contribution in [0.5, 0.6) is 0 Å². The number of amides is 2. The van der Waals surface area contributed by atoms with Crippen molar-refractivity contribution in [2.24, 2.45) is 5.73 Å². The van der Waals surface area contributed by atoms with Gasteiger partial charge in [0.25, 0.3) is 0 Å². The normalized spacial score (nSPS) is 20.2. The van der Waals surface area contributed by atoms with Crippen LogP contribution in [-0.2, 0) is 9.53 Å². The molecule has 1 atom stereocenters. The first-order valence-corrected chi connectivity index (χ1v) is 7.57. The molecule has 3 N–H and O–H groups in total. The van der Waals surface area contributed by atoms with E-state index in [4.69, 9.17) is 10.5 Å².